The van der Waals surface area contributed by atoms with Crippen molar-refractivity contribution in [3.8, 4) is 0 Å². The number of alkyl carbamates (subject to hydrolysis) is 1. The van der Waals surface area contributed by atoms with E-state index in [0.29, 0.717) is 24.8 Å². The van der Waals surface area contributed by atoms with E-state index in [0.717, 1.165) is 67.6 Å². The standard InChI is InChI=1S/C37H64N2O5/c1-25(2)10-9-11-26(3)31-15-16-32-30-14-13-27-22-29(17-19-36(27,4)33(30)18-20-37(31,32)5)44-35(43)38-21-8-6-7-12-34(42)39-28(23-40)24-41/h13,25-26,28-33,40-41H,6-12,14-24H2,1-5H3,(H,38,43)(H,39,42). The van der Waals surface area contributed by atoms with Crippen molar-refractivity contribution in [3.63, 3.8) is 0 Å². The van der Waals surface area contributed by atoms with Crippen LogP contribution in [0.4, 0.5) is 4.79 Å². The van der Waals surface area contributed by atoms with E-state index in [1.807, 2.05) is 0 Å². The summed E-state index contributed by atoms with van der Waals surface area (Å²) in [7, 11) is 0. The molecule has 8 unspecified atom stereocenters. The molecule has 7 heteroatoms. The lowest BCUT2D eigenvalue weighted by Crippen LogP contribution is -2.51. The van der Waals surface area contributed by atoms with Gasteiger partial charge in [0.15, 0.2) is 0 Å². The van der Waals surface area contributed by atoms with Gasteiger partial charge in [-0.05, 0) is 104 Å². The molecule has 2 amide bonds. The number of aliphatic hydroxyl groups excluding tert-OH is 2. The molecule has 44 heavy (non-hydrogen) atoms. The topological polar surface area (TPSA) is 108 Å². The lowest BCUT2D eigenvalue weighted by Gasteiger charge is -2.58. The zero-order chi connectivity index (χ0) is 31.9. The largest absolute Gasteiger partial charge is 0.446 e. The van der Waals surface area contributed by atoms with Gasteiger partial charge in [-0.3, -0.25) is 4.79 Å². The predicted molar refractivity (Wildman–Crippen MR) is 176 cm³/mol. The van der Waals surface area contributed by atoms with Crippen LogP contribution in [0.15, 0.2) is 11.6 Å². The number of allylic oxidation sites excluding steroid dienone is 1. The molecular weight excluding hydrogens is 552 g/mol. The van der Waals surface area contributed by atoms with Gasteiger partial charge in [0, 0.05) is 19.4 Å². The summed E-state index contributed by atoms with van der Waals surface area (Å²) in [6, 6.07) is -0.598. The molecule has 3 fully saturated rings. The predicted octanol–water partition coefficient (Wildman–Crippen LogP) is 7.15. The fourth-order valence-electron chi connectivity index (χ4n) is 10.2. The summed E-state index contributed by atoms with van der Waals surface area (Å²) in [6.45, 7) is 12.4. The second-order valence-corrected chi connectivity index (χ2v) is 15.9. The second kappa shape index (κ2) is 15.8. The number of aliphatic hydroxyl groups is 2. The lowest BCUT2D eigenvalue weighted by molar-refractivity contribution is -0.122. The Labute approximate surface area is 267 Å². The van der Waals surface area contributed by atoms with Gasteiger partial charge in [-0.1, -0.05) is 72.0 Å². The fraction of sp³-hybridized carbons (Fsp3) is 0.892. The van der Waals surface area contributed by atoms with E-state index in [-0.39, 0.29) is 36.7 Å². The Morgan fingerprint density at radius 1 is 0.955 bits per heavy atom. The number of rotatable bonds is 15. The van der Waals surface area contributed by atoms with E-state index in [2.05, 4.69) is 51.3 Å². The van der Waals surface area contributed by atoms with Crippen LogP contribution in [0.1, 0.15) is 131 Å². The van der Waals surface area contributed by atoms with Gasteiger partial charge in [0.1, 0.15) is 6.10 Å². The monoisotopic (exact) mass is 616 g/mol. The first-order valence-electron chi connectivity index (χ1n) is 18.2. The van der Waals surface area contributed by atoms with Crippen LogP contribution >= 0.6 is 0 Å². The molecule has 0 spiro atoms. The number of carbonyl (C=O) groups is 2. The number of amides is 2. The minimum atomic E-state index is -0.598. The molecule has 4 aliphatic rings. The average molecular weight is 617 g/mol. The Morgan fingerprint density at radius 3 is 2.45 bits per heavy atom. The lowest BCUT2D eigenvalue weighted by atomic mass is 9.47. The van der Waals surface area contributed by atoms with Crippen molar-refractivity contribution in [1.82, 2.24) is 10.6 Å². The van der Waals surface area contributed by atoms with Gasteiger partial charge in [0.25, 0.3) is 0 Å². The molecule has 0 heterocycles. The molecule has 4 aliphatic carbocycles. The number of unbranched alkanes of at least 4 members (excludes halogenated alkanes) is 2. The summed E-state index contributed by atoms with van der Waals surface area (Å²) in [6.07, 6.45) is 18.7. The summed E-state index contributed by atoms with van der Waals surface area (Å²) >= 11 is 0. The second-order valence-electron chi connectivity index (χ2n) is 15.9. The van der Waals surface area contributed by atoms with Crippen LogP contribution in [0.2, 0.25) is 0 Å². The zero-order valence-corrected chi connectivity index (χ0v) is 28.5. The van der Waals surface area contributed by atoms with Gasteiger partial charge in [-0.2, -0.15) is 0 Å². The molecule has 7 nitrogen and oxygen atoms in total. The van der Waals surface area contributed by atoms with E-state index in [4.69, 9.17) is 14.9 Å². The number of ether oxygens (including phenoxy) is 1. The highest BCUT2D eigenvalue weighted by Gasteiger charge is 2.59. The van der Waals surface area contributed by atoms with Crippen molar-refractivity contribution in [3.05, 3.63) is 11.6 Å². The van der Waals surface area contributed by atoms with Crippen LogP contribution in [0.3, 0.4) is 0 Å². The first-order chi connectivity index (χ1) is 21.0. The fourth-order valence-corrected chi connectivity index (χ4v) is 10.2. The van der Waals surface area contributed by atoms with Crippen molar-refractivity contribution in [2.75, 3.05) is 19.8 Å². The van der Waals surface area contributed by atoms with E-state index >= 15 is 0 Å². The zero-order valence-electron chi connectivity index (χ0n) is 28.5. The highest BCUT2D eigenvalue weighted by molar-refractivity contribution is 5.76. The Kier molecular flexibility index (Phi) is 12.7. The van der Waals surface area contributed by atoms with Crippen LogP contribution in [-0.4, -0.2) is 54.1 Å². The number of carbonyl (C=O) groups excluding carboxylic acids is 2. The van der Waals surface area contributed by atoms with Gasteiger partial charge >= 0.3 is 6.09 Å². The maximum absolute atomic E-state index is 12.6. The summed E-state index contributed by atoms with van der Waals surface area (Å²) in [5, 5.41) is 23.6. The number of hydrogen-bond acceptors (Lipinski definition) is 5. The molecule has 4 N–H and O–H groups in total. The van der Waals surface area contributed by atoms with Gasteiger partial charge in [-0.15, -0.1) is 0 Å². The third-order valence-electron chi connectivity index (χ3n) is 12.7. The van der Waals surface area contributed by atoms with Crippen molar-refractivity contribution in [1.29, 1.82) is 0 Å². The van der Waals surface area contributed by atoms with Gasteiger partial charge in [0.05, 0.1) is 19.3 Å². The molecular formula is C37H64N2O5. The minimum Gasteiger partial charge on any atom is -0.446 e. The van der Waals surface area contributed by atoms with Crippen LogP contribution in [0.5, 0.6) is 0 Å². The third-order valence-corrected chi connectivity index (χ3v) is 12.7. The summed E-state index contributed by atoms with van der Waals surface area (Å²) < 4.78 is 5.90. The van der Waals surface area contributed by atoms with Crippen molar-refractivity contribution < 1.29 is 24.5 Å². The van der Waals surface area contributed by atoms with Crippen molar-refractivity contribution in [2.24, 2.45) is 46.3 Å². The molecule has 252 valence electrons. The van der Waals surface area contributed by atoms with E-state index < -0.39 is 6.04 Å². The summed E-state index contributed by atoms with van der Waals surface area (Å²) in [4.78, 5) is 24.4. The molecule has 8 atom stereocenters. The van der Waals surface area contributed by atoms with Crippen molar-refractivity contribution in [2.45, 2.75) is 143 Å². The molecule has 0 aromatic carbocycles. The number of fused-ring (bicyclic) bond motifs is 5. The highest BCUT2D eigenvalue weighted by atomic mass is 16.6. The van der Waals surface area contributed by atoms with E-state index in [1.165, 1.54) is 51.4 Å². The quantitative estimate of drug-likeness (QED) is 0.115. The Hall–Kier alpha value is -1.60. The first-order valence-corrected chi connectivity index (χ1v) is 18.2. The van der Waals surface area contributed by atoms with E-state index in [1.54, 1.807) is 5.57 Å². The molecule has 0 aromatic rings. The maximum atomic E-state index is 12.6. The van der Waals surface area contributed by atoms with Crippen LogP contribution in [0, 0.1) is 46.3 Å². The number of hydrogen-bond donors (Lipinski definition) is 4. The molecule has 0 aliphatic heterocycles. The van der Waals surface area contributed by atoms with Crippen LogP contribution < -0.4 is 10.6 Å². The summed E-state index contributed by atoms with van der Waals surface area (Å²) in [5.74, 6) is 4.81. The Balaban J connectivity index is 1.21. The number of nitrogens with one attached hydrogen (secondary N) is 2. The Bertz CT molecular complexity index is 979. The molecule has 0 aromatic heterocycles. The maximum Gasteiger partial charge on any atom is 0.407 e. The van der Waals surface area contributed by atoms with Gasteiger partial charge < -0.3 is 25.6 Å². The summed E-state index contributed by atoms with van der Waals surface area (Å²) in [5.41, 5.74) is 2.31. The third kappa shape index (κ3) is 8.21. The van der Waals surface area contributed by atoms with Gasteiger partial charge in [-0.25, -0.2) is 4.79 Å². The van der Waals surface area contributed by atoms with Crippen LogP contribution in [-0.2, 0) is 9.53 Å². The minimum absolute atomic E-state index is 0.0445. The van der Waals surface area contributed by atoms with Gasteiger partial charge in [0.2, 0.25) is 5.91 Å². The van der Waals surface area contributed by atoms with Crippen molar-refractivity contribution >= 4 is 12.0 Å². The SMILES string of the molecule is CC(C)CCCC(C)C1CCC2C3CC=C4CC(OC(=O)NCCCCCC(=O)NC(CO)CO)CCC4(C)C3CCC12C. The molecule has 0 radical (unpaired) electrons. The first kappa shape index (κ1) is 35.3. The normalized spacial score (nSPS) is 33.7. The average Bonchev–Trinajstić information content (AvgIpc) is 3.35. The molecule has 0 saturated heterocycles. The molecule has 4 rings (SSSR count). The Morgan fingerprint density at radius 2 is 1.73 bits per heavy atom. The molecule has 3 saturated carbocycles. The van der Waals surface area contributed by atoms with Crippen LogP contribution in [0.25, 0.3) is 0 Å². The van der Waals surface area contributed by atoms with E-state index in [9.17, 15) is 9.59 Å². The highest BCUT2D eigenvalue weighted by Crippen LogP contribution is 2.67. The smallest absolute Gasteiger partial charge is 0.407 e. The molecule has 0 bridgehead atoms.